The van der Waals surface area contributed by atoms with E-state index in [4.69, 9.17) is 32.5 Å². The average molecular weight is 329 g/mol. The number of methoxy groups -OCH3 is 1. The Kier molecular flexibility index (Phi) is 5.22. The minimum absolute atomic E-state index is 0.118. The number of nitrogens with zero attached hydrogens (tertiary/aromatic N) is 1. The molecular weight excluding hydrogens is 315 g/mol. The molecule has 0 aliphatic carbocycles. The molecule has 0 aliphatic rings. The molecule has 0 saturated heterocycles. The van der Waals surface area contributed by atoms with Gasteiger partial charge in [0.1, 0.15) is 0 Å². The number of aromatic nitrogens is 1. The molecular formula is C14H14Cl2N2O3. The second-order valence-electron chi connectivity index (χ2n) is 4.54. The Morgan fingerprint density at radius 3 is 2.81 bits per heavy atom. The lowest BCUT2D eigenvalue weighted by molar-refractivity contribution is 0.0896. The Bertz CT molecular complexity index is 643. The fourth-order valence-corrected chi connectivity index (χ4v) is 2.06. The summed E-state index contributed by atoms with van der Waals surface area (Å²) in [6.07, 6.45) is 0. The minimum atomic E-state index is -0.324. The van der Waals surface area contributed by atoms with E-state index in [0.717, 1.165) is 0 Å². The maximum Gasteiger partial charge on any atom is 0.273 e. The summed E-state index contributed by atoms with van der Waals surface area (Å²) in [5.41, 5.74) is 0.889. The Balaban J connectivity index is 2.13. The molecule has 2 rings (SSSR count). The van der Waals surface area contributed by atoms with Crippen molar-refractivity contribution in [2.75, 3.05) is 13.7 Å². The van der Waals surface area contributed by atoms with Gasteiger partial charge in [-0.15, -0.1) is 0 Å². The van der Waals surface area contributed by atoms with E-state index in [1.807, 2.05) is 6.92 Å². The SMILES string of the molecule is COCC(C)NC(=O)c1cc(-c2ccc(Cl)c(Cl)c2)on1. The predicted octanol–water partition coefficient (Wildman–Crippen LogP) is 3.41. The molecule has 7 heteroatoms. The molecule has 1 amide bonds. The summed E-state index contributed by atoms with van der Waals surface area (Å²) >= 11 is 11.8. The van der Waals surface area contributed by atoms with Crippen LogP contribution in [0.15, 0.2) is 28.8 Å². The van der Waals surface area contributed by atoms with E-state index in [0.29, 0.717) is 28.0 Å². The van der Waals surface area contributed by atoms with E-state index in [9.17, 15) is 4.79 Å². The zero-order valence-electron chi connectivity index (χ0n) is 11.5. The van der Waals surface area contributed by atoms with Gasteiger partial charge in [-0.1, -0.05) is 28.4 Å². The maximum atomic E-state index is 12.0. The fourth-order valence-electron chi connectivity index (χ4n) is 1.76. The first-order valence-corrected chi connectivity index (χ1v) is 6.98. The lowest BCUT2D eigenvalue weighted by Crippen LogP contribution is -2.35. The van der Waals surface area contributed by atoms with Gasteiger partial charge in [-0.3, -0.25) is 4.79 Å². The molecule has 21 heavy (non-hydrogen) atoms. The third-order valence-corrected chi connectivity index (χ3v) is 3.48. The van der Waals surface area contributed by atoms with Crippen molar-refractivity contribution in [3.63, 3.8) is 0 Å². The van der Waals surface area contributed by atoms with Crippen molar-refractivity contribution in [1.29, 1.82) is 0 Å². The Morgan fingerprint density at radius 2 is 2.14 bits per heavy atom. The van der Waals surface area contributed by atoms with E-state index >= 15 is 0 Å². The highest BCUT2D eigenvalue weighted by molar-refractivity contribution is 6.42. The van der Waals surface area contributed by atoms with Crippen LogP contribution in [0, 0.1) is 0 Å². The predicted molar refractivity (Wildman–Crippen MR) is 80.8 cm³/mol. The van der Waals surface area contributed by atoms with Gasteiger partial charge in [-0.25, -0.2) is 0 Å². The zero-order chi connectivity index (χ0) is 15.4. The number of halogens is 2. The number of nitrogens with one attached hydrogen (secondary N) is 1. The van der Waals surface area contributed by atoms with Crippen molar-refractivity contribution in [3.8, 4) is 11.3 Å². The highest BCUT2D eigenvalue weighted by Crippen LogP contribution is 2.28. The van der Waals surface area contributed by atoms with Crippen LogP contribution in [-0.4, -0.2) is 30.8 Å². The molecule has 2 aromatic rings. The molecule has 0 fully saturated rings. The zero-order valence-corrected chi connectivity index (χ0v) is 13.0. The van der Waals surface area contributed by atoms with Gasteiger partial charge in [0, 0.05) is 24.8 Å². The van der Waals surface area contributed by atoms with Crippen LogP contribution in [-0.2, 0) is 4.74 Å². The van der Waals surface area contributed by atoms with Crippen molar-refractivity contribution < 1.29 is 14.1 Å². The van der Waals surface area contributed by atoms with Gasteiger partial charge in [0.15, 0.2) is 11.5 Å². The summed E-state index contributed by atoms with van der Waals surface area (Å²) in [5.74, 6) is 0.118. The lowest BCUT2D eigenvalue weighted by Gasteiger charge is -2.10. The summed E-state index contributed by atoms with van der Waals surface area (Å²) in [6, 6.07) is 6.48. The van der Waals surface area contributed by atoms with Crippen LogP contribution in [0.2, 0.25) is 10.0 Å². The Labute approximate surface area is 132 Å². The molecule has 1 atom stereocenters. The largest absolute Gasteiger partial charge is 0.383 e. The van der Waals surface area contributed by atoms with Crippen LogP contribution < -0.4 is 5.32 Å². The van der Waals surface area contributed by atoms with Crippen molar-refractivity contribution >= 4 is 29.1 Å². The molecule has 1 aromatic heterocycles. The molecule has 112 valence electrons. The first kappa shape index (κ1) is 15.8. The first-order chi connectivity index (χ1) is 10.0. The van der Waals surface area contributed by atoms with Gasteiger partial charge >= 0.3 is 0 Å². The lowest BCUT2D eigenvalue weighted by atomic mass is 10.1. The summed E-state index contributed by atoms with van der Waals surface area (Å²) in [7, 11) is 1.57. The summed E-state index contributed by atoms with van der Waals surface area (Å²) in [5, 5.41) is 7.36. The molecule has 0 aliphatic heterocycles. The second kappa shape index (κ2) is 6.93. The van der Waals surface area contributed by atoms with Gasteiger partial charge in [0.05, 0.1) is 16.7 Å². The molecule has 1 unspecified atom stereocenters. The Morgan fingerprint density at radius 1 is 1.38 bits per heavy atom. The van der Waals surface area contributed by atoms with Gasteiger partial charge in [-0.2, -0.15) is 0 Å². The number of hydrogen-bond donors (Lipinski definition) is 1. The monoisotopic (exact) mass is 328 g/mol. The molecule has 1 N–H and O–H groups in total. The first-order valence-electron chi connectivity index (χ1n) is 6.23. The Hall–Kier alpha value is -1.56. The van der Waals surface area contributed by atoms with Crippen LogP contribution in [0.5, 0.6) is 0 Å². The van der Waals surface area contributed by atoms with Crippen molar-refractivity contribution in [3.05, 3.63) is 40.0 Å². The number of carbonyl (C=O) groups excluding carboxylic acids is 1. The number of benzene rings is 1. The van der Waals surface area contributed by atoms with Crippen molar-refractivity contribution in [2.24, 2.45) is 0 Å². The molecule has 1 aromatic carbocycles. The summed E-state index contributed by atoms with van der Waals surface area (Å²) in [6.45, 7) is 2.25. The van der Waals surface area contributed by atoms with E-state index < -0.39 is 0 Å². The van der Waals surface area contributed by atoms with E-state index in [-0.39, 0.29) is 17.6 Å². The van der Waals surface area contributed by atoms with E-state index in [1.54, 1.807) is 31.4 Å². The third-order valence-electron chi connectivity index (χ3n) is 2.74. The molecule has 1 heterocycles. The second-order valence-corrected chi connectivity index (χ2v) is 5.35. The quantitative estimate of drug-likeness (QED) is 0.913. The highest BCUT2D eigenvalue weighted by atomic mass is 35.5. The fraction of sp³-hybridized carbons (Fsp3) is 0.286. The normalized spacial score (nSPS) is 12.2. The molecule has 0 saturated carbocycles. The van der Waals surface area contributed by atoms with E-state index in [2.05, 4.69) is 10.5 Å². The van der Waals surface area contributed by atoms with E-state index in [1.165, 1.54) is 0 Å². The van der Waals surface area contributed by atoms with Crippen LogP contribution >= 0.6 is 23.2 Å². The van der Waals surface area contributed by atoms with Crippen LogP contribution in [0.25, 0.3) is 11.3 Å². The van der Waals surface area contributed by atoms with Crippen LogP contribution in [0.1, 0.15) is 17.4 Å². The standard InChI is InChI=1S/C14H14Cl2N2O3/c1-8(7-20-2)17-14(19)12-6-13(21-18-12)9-3-4-10(15)11(16)5-9/h3-6,8H,7H2,1-2H3,(H,17,19). The van der Waals surface area contributed by atoms with Gasteiger partial charge in [-0.05, 0) is 25.1 Å². The molecule has 0 spiro atoms. The summed E-state index contributed by atoms with van der Waals surface area (Å²) in [4.78, 5) is 12.0. The highest BCUT2D eigenvalue weighted by Gasteiger charge is 2.16. The van der Waals surface area contributed by atoms with Crippen molar-refractivity contribution in [2.45, 2.75) is 13.0 Å². The number of amides is 1. The molecule has 0 radical (unpaired) electrons. The molecule has 5 nitrogen and oxygen atoms in total. The maximum absolute atomic E-state index is 12.0. The number of hydrogen-bond acceptors (Lipinski definition) is 4. The van der Waals surface area contributed by atoms with Crippen LogP contribution in [0.4, 0.5) is 0 Å². The summed E-state index contributed by atoms with van der Waals surface area (Å²) < 4.78 is 10.1. The average Bonchev–Trinajstić information content (AvgIpc) is 2.92. The smallest absolute Gasteiger partial charge is 0.273 e. The molecule has 0 bridgehead atoms. The van der Waals surface area contributed by atoms with Crippen molar-refractivity contribution in [1.82, 2.24) is 10.5 Å². The third kappa shape index (κ3) is 3.97. The van der Waals surface area contributed by atoms with Gasteiger partial charge in [0.25, 0.3) is 5.91 Å². The number of rotatable bonds is 5. The number of ether oxygens (including phenoxy) is 1. The minimum Gasteiger partial charge on any atom is -0.383 e. The van der Waals surface area contributed by atoms with Gasteiger partial charge in [0.2, 0.25) is 0 Å². The number of carbonyl (C=O) groups is 1. The van der Waals surface area contributed by atoms with Crippen LogP contribution in [0.3, 0.4) is 0 Å². The van der Waals surface area contributed by atoms with Gasteiger partial charge < -0.3 is 14.6 Å². The topological polar surface area (TPSA) is 64.4 Å².